The van der Waals surface area contributed by atoms with E-state index in [-0.39, 0.29) is 0 Å². The molecule has 0 saturated carbocycles. The van der Waals surface area contributed by atoms with Gasteiger partial charge in [0.25, 0.3) is 0 Å². The number of hydrogen-bond donors (Lipinski definition) is 2. The highest BCUT2D eigenvalue weighted by Gasteiger charge is 2.23. The van der Waals surface area contributed by atoms with Crippen LogP contribution in [-0.4, -0.2) is 33.3 Å². The molecule has 24 heavy (non-hydrogen) atoms. The summed E-state index contributed by atoms with van der Waals surface area (Å²) in [5, 5.41) is 8.87. The largest absolute Gasteiger partial charge is 0.497 e. The lowest BCUT2D eigenvalue weighted by Gasteiger charge is -2.29. The summed E-state index contributed by atoms with van der Waals surface area (Å²) in [6, 6.07) is 18.6. The van der Waals surface area contributed by atoms with Gasteiger partial charge in [-0.3, -0.25) is 0 Å². The lowest BCUT2D eigenvalue weighted by atomic mass is 10.1. The molecule has 0 atom stereocenters. The summed E-state index contributed by atoms with van der Waals surface area (Å²) >= 11 is 0. The average molecular weight is 323 g/mol. The molecule has 2 aromatic carbocycles. The first-order valence-electron chi connectivity index (χ1n) is 8.56. The van der Waals surface area contributed by atoms with Crippen LogP contribution >= 0.6 is 0 Å². The highest BCUT2D eigenvalue weighted by Crippen LogP contribution is 2.11. The number of piperazine rings is 1. The van der Waals surface area contributed by atoms with Crippen molar-refractivity contribution in [2.24, 2.45) is 0 Å². The standard InChI is InChI=1S/C20H23N3O/c1-24-20-4-2-3-19(13-20)16-23-11-9-22(10-12-23)15-18-7-5-17(14-21)6-8-18/h2-8,13H,9-12,15-16H2,1H3/p+2. The maximum Gasteiger partial charge on any atom is 0.127 e. The molecular formula is C20H25N3O+2. The molecule has 0 unspecified atom stereocenters. The SMILES string of the molecule is COc1cccc(C[NH+]2CC[NH+](Cc3ccc(C#N)cc3)CC2)c1. The van der Waals surface area contributed by atoms with Gasteiger partial charge in [-0.05, 0) is 24.3 Å². The van der Waals surface area contributed by atoms with E-state index in [1.807, 2.05) is 18.2 Å². The van der Waals surface area contributed by atoms with Crippen LogP contribution in [0, 0.1) is 11.3 Å². The third-order valence-corrected chi connectivity index (χ3v) is 4.79. The van der Waals surface area contributed by atoms with Gasteiger partial charge in [-0.2, -0.15) is 5.26 Å². The van der Waals surface area contributed by atoms with Crippen molar-refractivity contribution in [1.82, 2.24) is 0 Å². The van der Waals surface area contributed by atoms with Crippen molar-refractivity contribution < 1.29 is 14.5 Å². The molecule has 1 aliphatic rings. The molecule has 0 amide bonds. The van der Waals surface area contributed by atoms with Gasteiger partial charge in [0, 0.05) is 11.1 Å². The topological polar surface area (TPSA) is 41.9 Å². The molecule has 1 fully saturated rings. The quantitative estimate of drug-likeness (QED) is 0.816. The van der Waals surface area contributed by atoms with Crippen LogP contribution in [0.5, 0.6) is 5.75 Å². The van der Waals surface area contributed by atoms with Crippen molar-refractivity contribution in [2.45, 2.75) is 13.1 Å². The molecule has 0 aromatic heterocycles. The number of rotatable bonds is 5. The van der Waals surface area contributed by atoms with Gasteiger partial charge in [0.1, 0.15) is 45.0 Å². The first kappa shape index (κ1) is 16.5. The molecule has 124 valence electrons. The number of nitrogens with zero attached hydrogens (tertiary/aromatic N) is 1. The first-order chi connectivity index (χ1) is 11.8. The van der Waals surface area contributed by atoms with E-state index in [0.29, 0.717) is 0 Å². The van der Waals surface area contributed by atoms with E-state index >= 15 is 0 Å². The van der Waals surface area contributed by atoms with Crippen LogP contribution in [0.4, 0.5) is 0 Å². The Labute approximate surface area is 143 Å². The molecule has 0 spiro atoms. The summed E-state index contributed by atoms with van der Waals surface area (Å²) in [6.07, 6.45) is 0. The third kappa shape index (κ3) is 4.35. The summed E-state index contributed by atoms with van der Waals surface area (Å²) in [6.45, 7) is 6.91. The Morgan fingerprint density at radius 1 is 0.917 bits per heavy atom. The number of ether oxygens (including phenoxy) is 1. The van der Waals surface area contributed by atoms with Crippen LogP contribution in [0.1, 0.15) is 16.7 Å². The molecule has 0 radical (unpaired) electrons. The van der Waals surface area contributed by atoms with Gasteiger partial charge in [0.05, 0.1) is 18.7 Å². The molecule has 0 aliphatic carbocycles. The van der Waals surface area contributed by atoms with Crippen molar-refractivity contribution in [1.29, 1.82) is 5.26 Å². The smallest absolute Gasteiger partial charge is 0.127 e. The summed E-state index contributed by atoms with van der Waals surface area (Å²) in [7, 11) is 1.72. The Hall–Kier alpha value is -2.35. The van der Waals surface area contributed by atoms with Gasteiger partial charge in [-0.15, -0.1) is 0 Å². The molecule has 2 aromatic rings. The zero-order valence-electron chi connectivity index (χ0n) is 14.2. The maximum atomic E-state index is 8.87. The Balaban J connectivity index is 1.49. The zero-order chi connectivity index (χ0) is 16.8. The number of hydrogen-bond acceptors (Lipinski definition) is 2. The van der Waals surface area contributed by atoms with Gasteiger partial charge in [0.15, 0.2) is 0 Å². The number of benzene rings is 2. The van der Waals surface area contributed by atoms with Crippen LogP contribution in [0.3, 0.4) is 0 Å². The fourth-order valence-corrected chi connectivity index (χ4v) is 3.37. The van der Waals surface area contributed by atoms with Crippen LogP contribution < -0.4 is 14.5 Å². The minimum Gasteiger partial charge on any atom is -0.497 e. The molecule has 0 bridgehead atoms. The van der Waals surface area contributed by atoms with Crippen molar-refractivity contribution in [3.05, 3.63) is 65.2 Å². The molecular weight excluding hydrogens is 298 g/mol. The molecule has 1 saturated heterocycles. The highest BCUT2D eigenvalue weighted by molar-refractivity contribution is 5.31. The maximum absolute atomic E-state index is 8.87. The monoisotopic (exact) mass is 323 g/mol. The van der Waals surface area contributed by atoms with Gasteiger partial charge in [0.2, 0.25) is 0 Å². The summed E-state index contributed by atoms with van der Waals surface area (Å²) in [5.74, 6) is 0.942. The van der Waals surface area contributed by atoms with Gasteiger partial charge >= 0.3 is 0 Å². The molecule has 3 rings (SSSR count). The second-order valence-corrected chi connectivity index (χ2v) is 6.51. The lowest BCUT2D eigenvalue weighted by Crippen LogP contribution is -3.27. The number of methoxy groups -OCH3 is 1. The van der Waals surface area contributed by atoms with Crippen LogP contribution in [0.25, 0.3) is 0 Å². The summed E-state index contributed by atoms with van der Waals surface area (Å²) < 4.78 is 5.31. The minimum atomic E-state index is 0.737. The van der Waals surface area contributed by atoms with Crippen LogP contribution in [-0.2, 0) is 13.1 Å². The Morgan fingerprint density at radius 2 is 1.54 bits per heavy atom. The van der Waals surface area contributed by atoms with E-state index in [1.54, 1.807) is 16.9 Å². The third-order valence-electron chi connectivity index (χ3n) is 4.79. The van der Waals surface area contributed by atoms with E-state index < -0.39 is 0 Å². The highest BCUT2D eigenvalue weighted by atomic mass is 16.5. The van der Waals surface area contributed by atoms with Crippen molar-refractivity contribution in [2.75, 3.05) is 33.3 Å². The predicted molar refractivity (Wildman–Crippen MR) is 93.0 cm³/mol. The zero-order valence-corrected chi connectivity index (χ0v) is 14.2. The molecule has 4 heteroatoms. The van der Waals surface area contributed by atoms with E-state index in [1.165, 1.54) is 37.3 Å². The van der Waals surface area contributed by atoms with Crippen LogP contribution in [0.2, 0.25) is 0 Å². The Morgan fingerprint density at radius 3 is 2.12 bits per heavy atom. The molecule has 1 aliphatic heterocycles. The Kier molecular flexibility index (Phi) is 5.47. The van der Waals surface area contributed by atoms with E-state index in [4.69, 9.17) is 10.00 Å². The molecule has 1 heterocycles. The van der Waals surface area contributed by atoms with Gasteiger partial charge in [-0.1, -0.05) is 24.3 Å². The lowest BCUT2D eigenvalue weighted by molar-refractivity contribution is -1.02. The average Bonchev–Trinajstić information content (AvgIpc) is 2.64. The van der Waals surface area contributed by atoms with Gasteiger partial charge in [-0.25, -0.2) is 0 Å². The fraction of sp³-hybridized carbons (Fsp3) is 0.350. The molecule has 2 N–H and O–H groups in total. The molecule has 4 nitrogen and oxygen atoms in total. The number of nitrogens with one attached hydrogen (secondary N) is 2. The van der Waals surface area contributed by atoms with E-state index in [9.17, 15) is 0 Å². The van der Waals surface area contributed by atoms with Crippen molar-refractivity contribution in [3.63, 3.8) is 0 Å². The van der Waals surface area contributed by atoms with E-state index in [0.717, 1.165) is 24.4 Å². The summed E-state index contributed by atoms with van der Waals surface area (Å²) in [4.78, 5) is 3.28. The fourth-order valence-electron chi connectivity index (χ4n) is 3.37. The second kappa shape index (κ2) is 7.96. The summed E-state index contributed by atoms with van der Waals surface area (Å²) in [5.41, 5.74) is 3.40. The van der Waals surface area contributed by atoms with Gasteiger partial charge < -0.3 is 14.5 Å². The Bertz CT molecular complexity index is 698. The van der Waals surface area contributed by atoms with Crippen molar-refractivity contribution >= 4 is 0 Å². The second-order valence-electron chi connectivity index (χ2n) is 6.51. The van der Waals surface area contributed by atoms with E-state index in [2.05, 4.69) is 36.4 Å². The normalized spacial score (nSPS) is 20.3. The van der Waals surface area contributed by atoms with Crippen molar-refractivity contribution in [3.8, 4) is 11.8 Å². The first-order valence-corrected chi connectivity index (χ1v) is 8.56. The minimum absolute atomic E-state index is 0.737. The number of nitriles is 1. The predicted octanol–water partition coefficient (Wildman–Crippen LogP) is 0.0505. The number of quaternary nitrogens is 2. The van der Waals surface area contributed by atoms with Crippen LogP contribution in [0.15, 0.2) is 48.5 Å².